The van der Waals surface area contributed by atoms with Crippen LogP contribution in [-0.2, 0) is 19.0 Å². The van der Waals surface area contributed by atoms with E-state index in [9.17, 15) is 4.79 Å². The summed E-state index contributed by atoms with van der Waals surface area (Å²) in [6, 6.07) is 5.56. The van der Waals surface area contributed by atoms with Gasteiger partial charge < -0.3 is 23.7 Å². The third-order valence-corrected chi connectivity index (χ3v) is 3.46. The van der Waals surface area contributed by atoms with E-state index in [0.717, 1.165) is 5.56 Å². The van der Waals surface area contributed by atoms with Crippen LogP contribution in [0.4, 0.5) is 0 Å². The lowest BCUT2D eigenvalue weighted by molar-refractivity contribution is -0.135. The minimum absolute atomic E-state index is 0.362. The lowest BCUT2D eigenvalue weighted by Crippen LogP contribution is -2.02. The van der Waals surface area contributed by atoms with E-state index in [1.807, 2.05) is 24.3 Å². The Hall–Kier alpha value is -2.89. The van der Waals surface area contributed by atoms with Crippen molar-refractivity contribution in [2.24, 2.45) is 0 Å². The number of allylic oxidation sites excluding steroid dienone is 2. The Labute approximate surface area is 148 Å². The van der Waals surface area contributed by atoms with E-state index >= 15 is 0 Å². The fraction of sp³-hybridized carbons (Fsp3) is 0.316. The van der Waals surface area contributed by atoms with Gasteiger partial charge in [-0.1, -0.05) is 12.1 Å². The Morgan fingerprint density at radius 3 is 2.12 bits per heavy atom. The van der Waals surface area contributed by atoms with Crippen molar-refractivity contribution in [2.75, 3.05) is 35.5 Å². The van der Waals surface area contributed by atoms with E-state index in [1.165, 1.54) is 20.3 Å². The van der Waals surface area contributed by atoms with Crippen molar-refractivity contribution < 1.29 is 28.5 Å². The minimum Gasteiger partial charge on any atom is -0.496 e. The van der Waals surface area contributed by atoms with Gasteiger partial charge >= 0.3 is 5.97 Å². The van der Waals surface area contributed by atoms with Crippen molar-refractivity contribution >= 4 is 12.0 Å². The van der Waals surface area contributed by atoms with Gasteiger partial charge in [0.05, 0.1) is 41.6 Å². The number of ether oxygens (including phenoxy) is 5. The maximum absolute atomic E-state index is 11.4. The first-order valence-corrected chi connectivity index (χ1v) is 7.49. The molecule has 0 unspecified atom stereocenters. The molecular weight excluding hydrogens is 324 g/mol. The van der Waals surface area contributed by atoms with Crippen LogP contribution in [0.5, 0.6) is 11.5 Å². The first-order chi connectivity index (χ1) is 12.0. The number of hydrogen-bond acceptors (Lipinski definition) is 6. The summed E-state index contributed by atoms with van der Waals surface area (Å²) >= 11 is 0. The molecule has 25 heavy (non-hydrogen) atoms. The second-order valence-electron chi connectivity index (χ2n) is 4.88. The average molecular weight is 348 g/mol. The lowest BCUT2D eigenvalue weighted by atomic mass is 10.1. The molecule has 0 aromatic heterocycles. The summed E-state index contributed by atoms with van der Waals surface area (Å²) in [6.07, 6.45) is 4.90. The number of carbonyl (C=O) groups is 1. The highest BCUT2D eigenvalue weighted by molar-refractivity contribution is 5.83. The van der Waals surface area contributed by atoms with Crippen LogP contribution >= 0.6 is 0 Å². The van der Waals surface area contributed by atoms with Gasteiger partial charge in [0.15, 0.2) is 11.5 Å². The van der Waals surface area contributed by atoms with Crippen molar-refractivity contribution in [1.29, 1.82) is 0 Å². The molecule has 0 atom stereocenters. The molecule has 136 valence electrons. The van der Waals surface area contributed by atoms with Crippen molar-refractivity contribution in [3.05, 3.63) is 53.0 Å². The molecule has 0 fully saturated rings. The summed E-state index contributed by atoms with van der Waals surface area (Å²) in [6.45, 7) is 1.79. The summed E-state index contributed by atoms with van der Waals surface area (Å²) in [4.78, 5) is 11.4. The second kappa shape index (κ2) is 10.1. The van der Waals surface area contributed by atoms with E-state index < -0.39 is 5.97 Å². The van der Waals surface area contributed by atoms with Gasteiger partial charge in [0.2, 0.25) is 0 Å². The highest BCUT2D eigenvalue weighted by Gasteiger charge is 2.10. The van der Waals surface area contributed by atoms with Crippen molar-refractivity contribution in [3.63, 3.8) is 0 Å². The molecule has 0 radical (unpaired) electrons. The molecule has 0 bridgehead atoms. The monoisotopic (exact) mass is 348 g/mol. The van der Waals surface area contributed by atoms with Gasteiger partial charge in [-0.3, -0.25) is 0 Å². The summed E-state index contributed by atoms with van der Waals surface area (Å²) in [5.74, 6) is 1.69. The van der Waals surface area contributed by atoms with Crippen LogP contribution in [0.3, 0.4) is 0 Å². The molecule has 0 aliphatic carbocycles. The van der Waals surface area contributed by atoms with Gasteiger partial charge in [0, 0.05) is 5.57 Å². The highest BCUT2D eigenvalue weighted by Crippen LogP contribution is 2.28. The minimum atomic E-state index is -0.504. The van der Waals surface area contributed by atoms with Crippen LogP contribution in [-0.4, -0.2) is 41.5 Å². The van der Waals surface area contributed by atoms with E-state index in [2.05, 4.69) is 4.74 Å². The first-order valence-electron chi connectivity index (χ1n) is 7.49. The van der Waals surface area contributed by atoms with Crippen molar-refractivity contribution in [3.8, 4) is 11.5 Å². The molecule has 0 aliphatic heterocycles. The number of hydrogen-bond donors (Lipinski definition) is 0. The second-order valence-corrected chi connectivity index (χ2v) is 4.88. The summed E-state index contributed by atoms with van der Waals surface area (Å²) in [7, 11) is 7.49. The Morgan fingerprint density at radius 1 is 0.920 bits per heavy atom. The topological polar surface area (TPSA) is 63.2 Å². The van der Waals surface area contributed by atoms with Crippen molar-refractivity contribution in [2.45, 2.75) is 6.92 Å². The molecule has 1 rings (SSSR count). The zero-order valence-electron chi connectivity index (χ0n) is 15.4. The molecule has 0 heterocycles. The van der Waals surface area contributed by atoms with Crippen LogP contribution in [0.1, 0.15) is 12.5 Å². The van der Waals surface area contributed by atoms with Crippen LogP contribution in [0.15, 0.2) is 47.4 Å². The SMILES string of the molecule is COC(=O)\C=C(OC)/C(C)=C(\C=C\c1ccc(OC)c(OC)c1)OC. The van der Waals surface area contributed by atoms with E-state index in [1.54, 1.807) is 34.3 Å². The number of carbonyl (C=O) groups excluding carboxylic acids is 1. The third-order valence-electron chi connectivity index (χ3n) is 3.46. The Balaban J connectivity index is 3.17. The van der Waals surface area contributed by atoms with E-state index in [0.29, 0.717) is 28.6 Å². The Morgan fingerprint density at radius 2 is 1.60 bits per heavy atom. The molecule has 0 saturated heterocycles. The van der Waals surface area contributed by atoms with Crippen molar-refractivity contribution in [1.82, 2.24) is 0 Å². The quantitative estimate of drug-likeness (QED) is 0.311. The lowest BCUT2D eigenvalue weighted by Gasteiger charge is -2.11. The molecule has 0 saturated carbocycles. The van der Waals surface area contributed by atoms with Crippen LogP contribution < -0.4 is 9.47 Å². The number of esters is 1. The van der Waals surface area contributed by atoms with Gasteiger partial charge in [-0.2, -0.15) is 0 Å². The van der Waals surface area contributed by atoms with Crippen LogP contribution in [0, 0.1) is 0 Å². The molecule has 6 nitrogen and oxygen atoms in total. The summed E-state index contributed by atoms with van der Waals surface area (Å²) < 4.78 is 25.8. The first kappa shape index (κ1) is 20.2. The number of rotatable bonds is 8. The van der Waals surface area contributed by atoms with Gasteiger partial charge in [0.25, 0.3) is 0 Å². The number of benzene rings is 1. The zero-order valence-corrected chi connectivity index (χ0v) is 15.4. The standard InChI is InChI=1S/C19H24O6/c1-13(17(23-4)12-19(20)25-6)15(21-2)9-7-14-8-10-16(22-3)18(11-14)24-5/h7-12H,1-6H3/b9-7+,15-13+,17-12+. The van der Waals surface area contributed by atoms with E-state index in [-0.39, 0.29) is 0 Å². The van der Waals surface area contributed by atoms with E-state index in [4.69, 9.17) is 18.9 Å². The summed E-state index contributed by atoms with van der Waals surface area (Å²) in [5, 5.41) is 0. The smallest absolute Gasteiger partial charge is 0.334 e. The zero-order chi connectivity index (χ0) is 18.8. The summed E-state index contributed by atoms with van der Waals surface area (Å²) in [5.41, 5.74) is 1.56. The maximum Gasteiger partial charge on any atom is 0.334 e. The highest BCUT2D eigenvalue weighted by atomic mass is 16.5. The molecule has 1 aromatic carbocycles. The molecule has 1 aromatic rings. The molecule has 0 N–H and O–H groups in total. The van der Waals surface area contributed by atoms with Gasteiger partial charge in [0.1, 0.15) is 11.5 Å². The molecule has 0 amide bonds. The van der Waals surface area contributed by atoms with Gasteiger partial charge in [-0.25, -0.2) is 4.79 Å². The average Bonchev–Trinajstić information content (AvgIpc) is 2.65. The predicted octanol–water partition coefficient (Wildman–Crippen LogP) is 3.34. The molecular formula is C19H24O6. The molecule has 0 aliphatic rings. The molecule has 6 heteroatoms. The maximum atomic E-state index is 11.4. The number of methoxy groups -OCH3 is 5. The largest absolute Gasteiger partial charge is 0.496 e. The fourth-order valence-electron chi connectivity index (χ4n) is 2.08. The third kappa shape index (κ3) is 5.60. The van der Waals surface area contributed by atoms with Gasteiger partial charge in [-0.05, 0) is 30.7 Å². The predicted molar refractivity (Wildman–Crippen MR) is 95.4 cm³/mol. The fourth-order valence-corrected chi connectivity index (χ4v) is 2.08. The normalized spacial score (nSPS) is 12.5. The van der Waals surface area contributed by atoms with Crippen LogP contribution in [0.2, 0.25) is 0 Å². The van der Waals surface area contributed by atoms with Gasteiger partial charge in [-0.15, -0.1) is 0 Å². The Bertz CT molecular complexity index is 685. The molecule has 0 spiro atoms. The van der Waals surface area contributed by atoms with Crippen LogP contribution in [0.25, 0.3) is 6.08 Å². The Kier molecular flexibility index (Phi) is 8.12.